The molecule has 1 amide bonds. The Kier molecular flexibility index (Phi) is 5.91. The van der Waals surface area contributed by atoms with Crippen molar-refractivity contribution in [1.29, 1.82) is 0 Å². The highest BCUT2D eigenvalue weighted by atomic mass is 16.6. The monoisotopic (exact) mass is 261 g/mol. The van der Waals surface area contributed by atoms with E-state index in [2.05, 4.69) is 17.2 Å². The largest absolute Gasteiger partial charge is 0.447 e. The summed E-state index contributed by atoms with van der Waals surface area (Å²) < 4.78 is 5.00. The van der Waals surface area contributed by atoms with Crippen LogP contribution in [0.25, 0.3) is 0 Å². The lowest BCUT2D eigenvalue weighted by atomic mass is 10.1. The summed E-state index contributed by atoms with van der Waals surface area (Å²) in [5.41, 5.74) is 2.49. The smallest absolute Gasteiger partial charge is 0.411 e. The first kappa shape index (κ1) is 15.1. The third kappa shape index (κ3) is 5.45. The van der Waals surface area contributed by atoms with Crippen LogP contribution in [0.15, 0.2) is 18.2 Å². The Morgan fingerprint density at radius 3 is 2.84 bits per heavy atom. The molecule has 0 bridgehead atoms. The molecule has 0 radical (unpaired) electrons. The summed E-state index contributed by atoms with van der Waals surface area (Å²) in [5, 5.41) is 11.3. The Bertz CT molecular complexity index is 498. The summed E-state index contributed by atoms with van der Waals surface area (Å²) in [7, 11) is 0. The van der Waals surface area contributed by atoms with Crippen LogP contribution in [0.1, 0.15) is 31.4 Å². The Morgan fingerprint density at radius 1 is 1.47 bits per heavy atom. The van der Waals surface area contributed by atoms with Crippen molar-refractivity contribution in [3.8, 4) is 11.8 Å². The molecule has 0 spiro atoms. The number of carbonyl (C=O) groups excluding carboxylic acids is 1. The molecule has 0 fully saturated rings. The van der Waals surface area contributed by atoms with E-state index in [-0.39, 0.29) is 12.7 Å². The van der Waals surface area contributed by atoms with E-state index in [1.807, 2.05) is 13.0 Å². The molecule has 1 aromatic carbocycles. The minimum Gasteiger partial charge on any atom is -0.447 e. The van der Waals surface area contributed by atoms with Crippen LogP contribution >= 0.6 is 0 Å². The maximum Gasteiger partial charge on any atom is 0.411 e. The normalized spacial score (nSPS) is 9.74. The van der Waals surface area contributed by atoms with Crippen LogP contribution in [0.3, 0.4) is 0 Å². The van der Waals surface area contributed by atoms with Gasteiger partial charge in [0.25, 0.3) is 0 Å². The van der Waals surface area contributed by atoms with E-state index in [1.54, 1.807) is 26.0 Å². The molecule has 4 nitrogen and oxygen atoms in total. The van der Waals surface area contributed by atoms with E-state index in [0.29, 0.717) is 12.1 Å². The Balaban J connectivity index is 2.79. The van der Waals surface area contributed by atoms with E-state index >= 15 is 0 Å². The summed E-state index contributed by atoms with van der Waals surface area (Å²) in [6.45, 7) is 5.57. The molecule has 1 aromatic rings. The second kappa shape index (κ2) is 7.45. The van der Waals surface area contributed by atoms with Gasteiger partial charge in [-0.25, -0.2) is 4.79 Å². The lowest BCUT2D eigenvalue weighted by Gasteiger charge is -2.10. The van der Waals surface area contributed by atoms with Crippen LogP contribution in [-0.4, -0.2) is 23.9 Å². The lowest BCUT2D eigenvalue weighted by molar-refractivity contribution is 0.130. The molecule has 0 atom stereocenters. The topological polar surface area (TPSA) is 58.6 Å². The van der Waals surface area contributed by atoms with Crippen LogP contribution in [0.4, 0.5) is 10.5 Å². The number of hydrogen-bond acceptors (Lipinski definition) is 3. The number of anilines is 1. The van der Waals surface area contributed by atoms with Gasteiger partial charge in [0.2, 0.25) is 0 Å². The molecule has 0 heterocycles. The zero-order chi connectivity index (χ0) is 14.3. The van der Waals surface area contributed by atoms with Crippen molar-refractivity contribution in [2.24, 2.45) is 0 Å². The number of aliphatic hydroxyl groups is 1. The fourth-order valence-electron chi connectivity index (χ4n) is 1.41. The fraction of sp³-hybridized carbons (Fsp3) is 0.400. The SMILES string of the molecule is Cc1ccc(NC(=O)OC(C)C)cc1C#CCCO. The number of amides is 1. The first-order valence-electron chi connectivity index (χ1n) is 6.21. The molecule has 102 valence electrons. The van der Waals surface area contributed by atoms with Gasteiger partial charge in [-0.3, -0.25) is 5.32 Å². The second-order valence-corrected chi connectivity index (χ2v) is 4.38. The van der Waals surface area contributed by atoms with Gasteiger partial charge in [-0.2, -0.15) is 0 Å². The van der Waals surface area contributed by atoms with Gasteiger partial charge in [0.15, 0.2) is 0 Å². The zero-order valence-electron chi connectivity index (χ0n) is 11.5. The molecular formula is C15H19NO3. The lowest BCUT2D eigenvalue weighted by Crippen LogP contribution is -2.18. The summed E-state index contributed by atoms with van der Waals surface area (Å²) in [4.78, 5) is 11.5. The maximum atomic E-state index is 11.5. The number of benzene rings is 1. The predicted molar refractivity (Wildman–Crippen MR) is 75.0 cm³/mol. The van der Waals surface area contributed by atoms with E-state index in [9.17, 15) is 4.79 Å². The first-order valence-corrected chi connectivity index (χ1v) is 6.21. The highest BCUT2D eigenvalue weighted by Crippen LogP contribution is 2.15. The quantitative estimate of drug-likeness (QED) is 0.822. The number of aryl methyl sites for hydroxylation is 1. The molecule has 4 heteroatoms. The maximum absolute atomic E-state index is 11.5. The average Bonchev–Trinajstić information content (AvgIpc) is 2.32. The Morgan fingerprint density at radius 2 is 2.21 bits per heavy atom. The highest BCUT2D eigenvalue weighted by molar-refractivity contribution is 5.85. The van der Waals surface area contributed by atoms with Gasteiger partial charge in [0.05, 0.1) is 12.7 Å². The van der Waals surface area contributed by atoms with Crippen LogP contribution in [0.2, 0.25) is 0 Å². The molecule has 0 aliphatic rings. The van der Waals surface area contributed by atoms with Gasteiger partial charge in [-0.15, -0.1) is 0 Å². The summed E-state index contributed by atoms with van der Waals surface area (Å²) >= 11 is 0. The molecule has 19 heavy (non-hydrogen) atoms. The fourth-order valence-corrected chi connectivity index (χ4v) is 1.41. The third-order valence-electron chi connectivity index (χ3n) is 2.29. The minimum atomic E-state index is -0.479. The standard InChI is InChI=1S/C15H19NO3/c1-11(2)19-15(18)16-14-8-7-12(3)13(10-14)6-4-5-9-17/h7-8,10-11,17H,5,9H2,1-3H3,(H,16,18). The van der Waals surface area contributed by atoms with Crippen molar-refractivity contribution in [1.82, 2.24) is 0 Å². The number of rotatable bonds is 3. The number of nitrogens with one attached hydrogen (secondary N) is 1. The van der Waals surface area contributed by atoms with Crippen molar-refractivity contribution in [3.63, 3.8) is 0 Å². The van der Waals surface area contributed by atoms with Gasteiger partial charge in [0, 0.05) is 17.7 Å². The molecular weight excluding hydrogens is 242 g/mol. The average molecular weight is 261 g/mol. The molecule has 0 aromatic heterocycles. The van der Waals surface area contributed by atoms with Crippen LogP contribution < -0.4 is 5.32 Å². The van der Waals surface area contributed by atoms with Crippen molar-refractivity contribution in [2.45, 2.75) is 33.3 Å². The molecule has 0 saturated heterocycles. The number of hydrogen-bond donors (Lipinski definition) is 2. The molecule has 2 N–H and O–H groups in total. The van der Waals surface area contributed by atoms with Crippen LogP contribution in [-0.2, 0) is 4.74 Å². The molecule has 0 unspecified atom stereocenters. The number of carbonyl (C=O) groups is 1. The van der Waals surface area contributed by atoms with E-state index < -0.39 is 6.09 Å². The van der Waals surface area contributed by atoms with Gasteiger partial charge < -0.3 is 9.84 Å². The van der Waals surface area contributed by atoms with Gasteiger partial charge in [0.1, 0.15) is 0 Å². The van der Waals surface area contributed by atoms with E-state index in [0.717, 1.165) is 11.1 Å². The van der Waals surface area contributed by atoms with Gasteiger partial charge in [-0.05, 0) is 38.5 Å². The van der Waals surface area contributed by atoms with Crippen LogP contribution in [0, 0.1) is 18.8 Å². The second-order valence-electron chi connectivity index (χ2n) is 4.38. The van der Waals surface area contributed by atoms with Crippen molar-refractivity contribution in [3.05, 3.63) is 29.3 Å². The van der Waals surface area contributed by atoms with Crippen LogP contribution in [0.5, 0.6) is 0 Å². The van der Waals surface area contributed by atoms with E-state index in [4.69, 9.17) is 9.84 Å². The predicted octanol–water partition coefficient (Wildman–Crippen LogP) is 2.69. The number of aliphatic hydroxyl groups excluding tert-OH is 1. The van der Waals surface area contributed by atoms with Gasteiger partial charge >= 0.3 is 6.09 Å². The number of ether oxygens (including phenoxy) is 1. The van der Waals surface area contributed by atoms with Gasteiger partial charge in [-0.1, -0.05) is 17.9 Å². The zero-order valence-corrected chi connectivity index (χ0v) is 11.5. The first-order chi connectivity index (χ1) is 9.02. The molecule has 0 aliphatic carbocycles. The highest BCUT2D eigenvalue weighted by Gasteiger charge is 2.06. The van der Waals surface area contributed by atoms with E-state index in [1.165, 1.54) is 0 Å². The Hall–Kier alpha value is -1.99. The summed E-state index contributed by atoms with van der Waals surface area (Å²) in [5.74, 6) is 5.83. The molecule has 1 rings (SSSR count). The van der Waals surface area contributed by atoms with Crippen molar-refractivity contribution >= 4 is 11.8 Å². The molecule has 0 aliphatic heterocycles. The summed E-state index contributed by atoms with van der Waals surface area (Å²) in [6.07, 6.45) is -0.200. The summed E-state index contributed by atoms with van der Waals surface area (Å²) in [6, 6.07) is 5.48. The molecule has 0 saturated carbocycles. The third-order valence-corrected chi connectivity index (χ3v) is 2.29. The Labute approximate surface area is 113 Å². The van der Waals surface area contributed by atoms with Crippen molar-refractivity contribution in [2.75, 3.05) is 11.9 Å². The van der Waals surface area contributed by atoms with Crippen molar-refractivity contribution < 1.29 is 14.6 Å². The minimum absolute atomic E-state index is 0.0463.